The number of nitrogens with zero attached hydrogens (tertiary/aromatic N) is 1. The second kappa shape index (κ2) is 9.87. The van der Waals surface area contributed by atoms with Gasteiger partial charge in [0.1, 0.15) is 11.3 Å². The predicted molar refractivity (Wildman–Crippen MR) is 118 cm³/mol. The molecule has 6 nitrogen and oxygen atoms in total. The normalized spacial score (nSPS) is 11.6. The summed E-state index contributed by atoms with van der Waals surface area (Å²) in [6, 6.07) is 13.7. The van der Waals surface area contributed by atoms with Gasteiger partial charge in [-0.2, -0.15) is 5.10 Å². The maximum Gasteiger partial charge on any atom is 0.345 e. The zero-order valence-electron chi connectivity index (χ0n) is 17.3. The number of amides is 1. The number of aromatic hydroxyl groups is 1. The number of carbonyl (C=O) groups is 1. The summed E-state index contributed by atoms with van der Waals surface area (Å²) in [5, 5.41) is 15.0. The topological polar surface area (TPSA) is 91.9 Å². The summed E-state index contributed by atoms with van der Waals surface area (Å²) in [6.45, 7) is 3.79. The van der Waals surface area contributed by atoms with E-state index in [1.165, 1.54) is 6.07 Å². The van der Waals surface area contributed by atoms with Crippen LogP contribution in [0, 0.1) is 0 Å². The predicted octanol–water partition coefficient (Wildman–Crippen LogP) is 4.78. The molecule has 0 radical (unpaired) electrons. The molecule has 30 heavy (non-hydrogen) atoms. The quantitative estimate of drug-likeness (QED) is 0.244. The Morgan fingerprint density at radius 3 is 2.60 bits per heavy atom. The lowest BCUT2D eigenvalue weighted by molar-refractivity contribution is 0.0955. The molecule has 0 saturated carbocycles. The minimum absolute atomic E-state index is 0.135. The fraction of sp³-hybridized carbons (Fsp3) is 0.292. The number of nitrogens with one attached hydrogen (secondary N) is 1. The largest absolute Gasteiger partial charge is 0.508 e. The van der Waals surface area contributed by atoms with Gasteiger partial charge < -0.3 is 9.52 Å². The molecule has 3 rings (SSSR count). The first-order valence-corrected chi connectivity index (χ1v) is 10.2. The molecular weight excluding hydrogens is 380 g/mol. The van der Waals surface area contributed by atoms with E-state index < -0.39 is 5.63 Å². The van der Waals surface area contributed by atoms with E-state index >= 15 is 0 Å². The fourth-order valence-corrected chi connectivity index (χ4v) is 3.25. The lowest BCUT2D eigenvalue weighted by Gasteiger charge is -2.08. The van der Waals surface area contributed by atoms with Gasteiger partial charge in [-0.3, -0.25) is 4.79 Å². The number of benzene rings is 2. The van der Waals surface area contributed by atoms with Crippen LogP contribution < -0.4 is 11.1 Å². The Bertz CT molecular complexity index is 1120. The Labute approximate surface area is 175 Å². The van der Waals surface area contributed by atoms with Crippen molar-refractivity contribution in [2.75, 3.05) is 0 Å². The van der Waals surface area contributed by atoms with Crippen LogP contribution >= 0.6 is 0 Å². The Balaban J connectivity index is 1.84. The first kappa shape index (κ1) is 21.3. The number of hydrogen-bond donors (Lipinski definition) is 2. The molecule has 0 aliphatic carbocycles. The monoisotopic (exact) mass is 406 g/mol. The van der Waals surface area contributed by atoms with Crippen LogP contribution in [0.15, 0.2) is 62.8 Å². The van der Waals surface area contributed by atoms with Crippen LogP contribution in [0.1, 0.15) is 61.0 Å². The number of aryl methyl sites for hydroxylation is 1. The highest BCUT2D eigenvalue weighted by molar-refractivity contribution is 6.02. The van der Waals surface area contributed by atoms with Crippen LogP contribution in [0.2, 0.25) is 0 Å². The fourth-order valence-electron chi connectivity index (χ4n) is 3.25. The van der Waals surface area contributed by atoms with Gasteiger partial charge in [-0.1, -0.05) is 44.4 Å². The van der Waals surface area contributed by atoms with Crippen molar-refractivity contribution in [1.29, 1.82) is 0 Å². The maximum absolute atomic E-state index is 12.4. The zero-order chi connectivity index (χ0) is 21.5. The molecule has 0 spiro atoms. The van der Waals surface area contributed by atoms with Crippen LogP contribution in [0.25, 0.3) is 11.0 Å². The van der Waals surface area contributed by atoms with Crippen molar-refractivity contribution in [2.45, 2.75) is 46.0 Å². The highest BCUT2D eigenvalue weighted by Gasteiger charge is 2.12. The third-order valence-corrected chi connectivity index (χ3v) is 4.98. The minimum Gasteiger partial charge on any atom is -0.508 e. The van der Waals surface area contributed by atoms with Gasteiger partial charge in [0.05, 0.1) is 11.3 Å². The Hall–Kier alpha value is -3.41. The molecule has 0 bridgehead atoms. The number of phenolic OH excluding ortho intramolecular Hbond substituents is 1. The Morgan fingerprint density at radius 1 is 1.10 bits per heavy atom. The van der Waals surface area contributed by atoms with Gasteiger partial charge in [0, 0.05) is 17.0 Å². The van der Waals surface area contributed by atoms with Crippen molar-refractivity contribution in [3.63, 3.8) is 0 Å². The van der Waals surface area contributed by atoms with Crippen LogP contribution in [0.5, 0.6) is 5.75 Å². The molecule has 2 aromatic carbocycles. The molecule has 0 atom stereocenters. The Kier molecular flexibility index (Phi) is 7.01. The molecule has 3 aromatic rings. The van der Waals surface area contributed by atoms with Gasteiger partial charge in [0.15, 0.2) is 0 Å². The molecule has 6 heteroatoms. The highest BCUT2D eigenvalue weighted by Crippen LogP contribution is 2.26. The SMILES string of the molecule is CCCCCCc1cc2cc(C(C)=NNC(=O)c3ccccc3)c(=O)oc2cc1O. The lowest BCUT2D eigenvalue weighted by atomic mass is 10.0. The van der Waals surface area contributed by atoms with E-state index in [0.29, 0.717) is 22.2 Å². The number of phenols is 1. The number of unbranched alkanes of at least 4 members (excludes halogenated alkanes) is 3. The minimum atomic E-state index is -0.576. The smallest absolute Gasteiger partial charge is 0.345 e. The molecule has 1 amide bonds. The van der Waals surface area contributed by atoms with E-state index in [0.717, 1.165) is 37.7 Å². The average Bonchev–Trinajstić information content (AvgIpc) is 2.75. The standard InChI is InChI=1S/C24H26N2O4/c1-3-4-5-7-12-18-13-19-14-20(24(29)30-22(19)15-21(18)27)16(2)25-26-23(28)17-10-8-6-9-11-17/h6,8-11,13-15,27H,3-5,7,12H2,1-2H3,(H,26,28). The average molecular weight is 406 g/mol. The number of hydrazone groups is 1. The Morgan fingerprint density at radius 2 is 1.87 bits per heavy atom. The number of fused-ring (bicyclic) bond motifs is 1. The van der Waals surface area contributed by atoms with Crippen LogP contribution in [0.3, 0.4) is 0 Å². The number of rotatable bonds is 8. The van der Waals surface area contributed by atoms with E-state index in [2.05, 4.69) is 17.5 Å². The summed E-state index contributed by atoms with van der Waals surface area (Å²) in [5.74, 6) is -0.227. The third-order valence-electron chi connectivity index (χ3n) is 4.98. The van der Waals surface area contributed by atoms with Gasteiger partial charge in [0.25, 0.3) is 5.91 Å². The van der Waals surface area contributed by atoms with Gasteiger partial charge in [-0.25, -0.2) is 10.2 Å². The molecule has 0 fully saturated rings. The van der Waals surface area contributed by atoms with E-state index in [1.807, 2.05) is 12.1 Å². The van der Waals surface area contributed by atoms with E-state index in [1.54, 1.807) is 37.3 Å². The molecule has 0 saturated heterocycles. The second-order valence-corrected chi connectivity index (χ2v) is 7.28. The summed E-state index contributed by atoms with van der Waals surface area (Å²) < 4.78 is 5.38. The molecule has 0 aliphatic rings. The molecule has 156 valence electrons. The van der Waals surface area contributed by atoms with E-state index in [4.69, 9.17) is 4.42 Å². The van der Waals surface area contributed by atoms with Crippen LogP contribution in [0.4, 0.5) is 0 Å². The molecule has 2 N–H and O–H groups in total. The van der Waals surface area contributed by atoms with Crippen molar-refractivity contribution < 1.29 is 14.3 Å². The molecule has 0 unspecified atom stereocenters. The van der Waals surface area contributed by atoms with Gasteiger partial charge >= 0.3 is 5.63 Å². The summed E-state index contributed by atoms with van der Waals surface area (Å²) in [4.78, 5) is 24.5. The summed E-state index contributed by atoms with van der Waals surface area (Å²) >= 11 is 0. The molecule has 1 aromatic heterocycles. The van der Waals surface area contributed by atoms with Crippen molar-refractivity contribution in [2.24, 2.45) is 5.10 Å². The van der Waals surface area contributed by atoms with Gasteiger partial charge in [-0.05, 0) is 49.6 Å². The van der Waals surface area contributed by atoms with Gasteiger partial charge in [-0.15, -0.1) is 0 Å². The van der Waals surface area contributed by atoms with Crippen LogP contribution in [-0.4, -0.2) is 16.7 Å². The summed E-state index contributed by atoms with van der Waals surface area (Å²) in [6.07, 6.45) is 5.17. The first-order chi connectivity index (χ1) is 14.5. The van der Waals surface area contributed by atoms with E-state index in [-0.39, 0.29) is 17.2 Å². The maximum atomic E-state index is 12.4. The van der Waals surface area contributed by atoms with Crippen molar-refractivity contribution in [1.82, 2.24) is 5.43 Å². The second-order valence-electron chi connectivity index (χ2n) is 7.28. The van der Waals surface area contributed by atoms with Crippen molar-refractivity contribution >= 4 is 22.6 Å². The first-order valence-electron chi connectivity index (χ1n) is 10.2. The molecule has 0 aliphatic heterocycles. The number of hydrogen-bond acceptors (Lipinski definition) is 5. The zero-order valence-corrected chi connectivity index (χ0v) is 17.3. The number of carbonyl (C=O) groups excluding carboxylic acids is 1. The highest BCUT2D eigenvalue weighted by atomic mass is 16.4. The van der Waals surface area contributed by atoms with Gasteiger partial charge in [0.2, 0.25) is 0 Å². The van der Waals surface area contributed by atoms with Crippen LogP contribution in [-0.2, 0) is 6.42 Å². The summed E-state index contributed by atoms with van der Waals surface area (Å²) in [7, 11) is 0. The summed E-state index contributed by atoms with van der Waals surface area (Å²) in [5.41, 5.74) is 4.11. The van der Waals surface area contributed by atoms with Crippen molar-refractivity contribution in [3.8, 4) is 5.75 Å². The molecular formula is C24H26N2O4. The third kappa shape index (κ3) is 5.14. The van der Waals surface area contributed by atoms with Crippen molar-refractivity contribution in [3.05, 3.63) is 75.6 Å². The molecule has 1 heterocycles. The lowest BCUT2D eigenvalue weighted by Crippen LogP contribution is -2.21. The van der Waals surface area contributed by atoms with E-state index in [9.17, 15) is 14.7 Å².